The highest BCUT2D eigenvalue weighted by atomic mass is 32.1. The smallest absolute Gasteiger partial charge is 0.204 e. The molecule has 0 aliphatic heterocycles. The zero-order valence-electron chi connectivity index (χ0n) is 19.4. The predicted molar refractivity (Wildman–Crippen MR) is 132 cm³/mol. The number of aromatic nitrogens is 3. The summed E-state index contributed by atoms with van der Waals surface area (Å²) in [7, 11) is 2.05. The maximum atomic E-state index is 5.97. The molecule has 0 atom stereocenters. The molecule has 0 aliphatic rings. The molecule has 0 saturated carbocycles. The Hall–Kier alpha value is -2.96. The van der Waals surface area contributed by atoms with Crippen LogP contribution in [0, 0.1) is 18.6 Å². The minimum absolute atomic E-state index is 0.368. The monoisotopic (exact) mass is 446 g/mol. The molecule has 0 saturated heterocycles. The van der Waals surface area contributed by atoms with E-state index in [4.69, 9.17) is 21.7 Å². The number of nitrogens with zero attached hydrogens (tertiary/aromatic N) is 4. The first-order chi connectivity index (χ1) is 15.3. The first kappa shape index (κ1) is 22.2. The van der Waals surface area contributed by atoms with E-state index in [1.54, 1.807) is 0 Å². The Morgan fingerprint density at radius 3 is 2.38 bits per heavy atom. The van der Waals surface area contributed by atoms with Gasteiger partial charge in [-0.3, -0.25) is 9.47 Å². The van der Waals surface area contributed by atoms with Crippen LogP contribution < -0.4 is 0 Å². The van der Waals surface area contributed by atoms with Crippen molar-refractivity contribution in [2.24, 2.45) is 0 Å². The molecule has 0 N–H and O–H groups in total. The largest absolute Gasteiger partial charge is 0.465 e. The van der Waals surface area contributed by atoms with Gasteiger partial charge >= 0.3 is 0 Å². The second kappa shape index (κ2) is 9.27. The van der Waals surface area contributed by atoms with E-state index >= 15 is 0 Å². The maximum Gasteiger partial charge on any atom is 0.204 e. The minimum Gasteiger partial charge on any atom is -0.465 e. The SMILES string of the molecule is Cc1ccc(-c2nn(CN(C)Cc3ccc(C)o3)c(=S)n2-c2ccccc2C(C)C)cc1. The normalized spacial score (nSPS) is 11.6. The first-order valence-electron chi connectivity index (χ1n) is 10.9. The van der Waals surface area contributed by atoms with Gasteiger partial charge in [0.05, 0.1) is 18.9 Å². The maximum absolute atomic E-state index is 5.97. The summed E-state index contributed by atoms with van der Waals surface area (Å²) in [6, 6.07) is 20.9. The van der Waals surface area contributed by atoms with Gasteiger partial charge in [-0.1, -0.05) is 61.9 Å². The van der Waals surface area contributed by atoms with Gasteiger partial charge in [-0.15, -0.1) is 5.10 Å². The van der Waals surface area contributed by atoms with Gasteiger partial charge in [-0.2, -0.15) is 0 Å². The highest BCUT2D eigenvalue weighted by molar-refractivity contribution is 7.71. The standard InChI is InChI=1S/C26H30N4OS/c1-18(2)23-8-6-7-9-24(23)30-25(21-13-10-19(3)11-14-21)27-29(26(30)32)17-28(5)16-22-15-12-20(4)31-22/h6-15,18H,16-17H2,1-5H3. The summed E-state index contributed by atoms with van der Waals surface area (Å²) in [6.07, 6.45) is 0. The van der Waals surface area contributed by atoms with Gasteiger partial charge in [0.1, 0.15) is 11.5 Å². The van der Waals surface area contributed by atoms with E-state index in [9.17, 15) is 0 Å². The second-order valence-electron chi connectivity index (χ2n) is 8.69. The van der Waals surface area contributed by atoms with Crippen LogP contribution in [0.2, 0.25) is 0 Å². The first-order valence-corrected chi connectivity index (χ1v) is 11.3. The third-order valence-electron chi connectivity index (χ3n) is 5.55. The number of hydrogen-bond donors (Lipinski definition) is 0. The van der Waals surface area contributed by atoms with E-state index in [-0.39, 0.29) is 0 Å². The van der Waals surface area contributed by atoms with Crippen molar-refractivity contribution < 1.29 is 4.42 Å². The minimum atomic E-state index is 0.368. The Balaban J connectivity index is 1.79. The Kier molecular flexibility index (Phi) is 6.44. The molecule has 6 heteroatoms. The molecule has 0 amide bonds. The van der Waals surface area contributed by atoms with Crippen LogP contribution in [0.25, 0.3) is 17.1 Å². The summed E-state index contributed by atoms with van der Waals surface area (Å²) < 4.78 is 10.4. The molecule has 4 aromatic rings. The molecule has 0 aliphatic carbocycles. The lowest BCUT2D eigenvalue weighted by molar-refractivity contribution is 0.225. The Morgan fingerprint density at radius 2 is 1.72 bits per heavy atom. The third-order valence-corrected chi connectivity index (χ3v) is 5.94. The van der Waals surface area contributed by atoms with Gasteiger partial charge < -0.3 is 4.42 Å². The lowest BCUT2D eigenvalue weighted by Crippen LogP contribution is -2.22. The fourth-order valence-electron chi connectivity index (χ4n) is 3.90. The summed E-state index contributed by atoms with van der Waals surface area (Å²) in [5.41, 5.74) is 4.59. The molecule has 0 radical (unpaired) electrons. The van der Waals surface area contributed by atoms with Crippen molar-refractivity contribution in [1.29, 1.82) is 0 Å². The van der Waals surface area contributed by atoms with Crippen LogP contribution in [0.5, 0.6) is 0 Å². The van der Waals surface area contributed by atoms with Crippen molar-refractivity contribution in [3.8, 4) is 17.1 Å². The third kappa shape index (κ3) is 4.61. The van der Waals surface area contributed by atoms with Gasteiger partial charge in [-0.05, 0) is 62.8 Å². The van der Waals surface area contributed by atoms with Crippen molar-refractivity contribution in [3.05, 3.63) is 88.1 Å². The van der Waals surface area contributed by atoms with E-state index in [1.165, 1.54) is 11.1 Å². The number of para-hydroxylation sites is 1. The van der Waals surface area contributed by atoms with Gasteiger partial charge in [0.15, 0.2) is 5.82 Å². The van der Waals surface area contributed by atoms with Crippen molar-refractivity contribution in [2.45, 2.75) is 46.8 Å². The molecular weight excluding hydrogens is 416 g/mol. The van der Waals surface area contributed by atoms with Crippen LogP contribution in [-0.2, 0) is 13.2 Å². The van der Waals surface area contributed by atoms with Gasteiger partial charge in [0.2, 0.25) is 4.77 Å². The number of furan rings is 1. The van der Waals surface area contributed by atoms with E-state index < -0.39 is 0 Å². The average molecular weight is 447 g/mol. The quantitative estimate of drug-likeness (QED) is 0.304. The van der Waals surface area contributed by atoms with Crippen LogP contribution in [0.3, 0.4) is 0 Å². The molecule has 32 heavy (non-hydrogen) atoms. The fraction of sp³-hybridized carbons (Fsp3) is 0.308. The Morgan fingerprint density at radius 1 is 1.00 bits per heavy atom. The second-order valence-corrected chi connectivity index (χ2v) is 9.05. The van der Waals surface area contributed by atoms with E-state index in [0.29, 0.717) is 23.9 Å². The molecule has 5 nitrogen and oxygen atoms in total. The molecule has 0 fully saturated rings. The molecule has 4 rings (SSSR count). The van der Waals surface area contributed by atoms with Crippen LogP contribution in [0.15, 0.2) is 65.1 Å². The number of benzene rings is 2. The van der Waals surface area contributed by atoms with Crippen molar-refractivity contribution >= 4 is 12.2 Å². The molecular formula is C26H30N4OS. The topological polar surface area (TPSA) is 39.1 Å². The van der Waals surface area contributed by atoms with Gasteiger partial charge in [0.25, 0.3) is 0 Å². The van der Waals surface area contributed by atoms with E-state index in [0.717, 1.165) is 28.6 Å². The Bertz CT molecular complexity index is 1260. The molecule has 0 spiro atoms. The Labute approximate surface area is 194 Å². The van der Waals surface area contributed by atoms with Crippen molar-refractivity contribution in [2.75, 3.05) is 7.05 Å². The molecule has 2 heterocycles. The number of aryl methyl sites for hydroxylation is 2. The van der Waals surface area contributed by atoms with Crippen LogP contribution >= 0.6 is 12.2 Å². The fourth-order valence-corrected chi connectivity index (χ4v) is 4.18. The molecule has 0 bridgehead atoms. The summed E-state index contributed by atoms with van der Waals surface area (Å²) in [5.74, 6) is 3.07. The molecule has 2 aromatic heterocycles. The molecule has 2 aromatic carbocycles. The molecule has 0 unspecified atom stereocenters. The zero-order chi connectivity index (χ0) is 22.8. The van der Waals surface area contributed by atoms with E-state index in [1.807, 2.05) is 30.8 Å². The number of rotatable bonds is 7. The summed E-state index contributed by atoms with van der Waals surface area (Å²) >= 11 is 5.97. The summed E-state index contributed by atoms with van der Waals surface area (Å²) in [5, 5.41) is 4.98. The van der Waals surface area contributed by atoms with Crippen LogP contribution in [-0.4, -0.2) is 26.3 Å². The van der Waals surface area contributed by atoms with Gasteiger partial charge in [0, 0.05) is 5.56 Å². The molecule has 166 valence electrons. The summed E-state index contributed by atoms with van der Waals surface area (Å²) in [4.78, 5) is 2.15. The summed E-state index contributed by atoms with van der Waals surface area (Å²) in [6.45, 7) is 9.71. The average Bonchev–Trinajstić information content (AvgIpc) is 3.31. The zero-order valence-corrected chi connectivity index (χ0v) is 20.2. The lowest BCUT2D eigenvalue weighted by atomic mass is 10.0. The predicted octanol–water partition coefficient (Wildman–Crippen LogP) is 6.49. The van der Waals surface area contributed by atoms with Gasteiger partial charge in [-0.25, -0.2) is 4.68 Å². The highest BCUT2D eigenvalue weighted by Crippen LogP contribution is 2.29. The van der Waals surface area contributed by atoms with Crippen molar-refractivity contribution in [3.63, 3.8) is 0 Å². The van der Waals surface area contributed by atoms with E-state index in [2.05, 4.69) is 78.8 Å². The number of hydrogen-bond acceptors (Lipinski definition) is 4. The van der Waals surface area contributed by atoms with Crippen LogP contribution in [0.4, 0.5) is 0 Å². The highest BCUT2D eigenvalue weighted by Gasteiger charge is 2.19. The van der Waals surface area contributed by atoms with Crippen molar-refractivity contribution in [1.82, 2.24) is 19.2 Å². The van der Waals surface area contributed by atoms with Crippen LogP contribution in [0.1, 0.15) is 42.4 Å². The lowest BCUT2D eigenvalue weighted by Gasteiger charge is -2.16.